The highest BCUT2D eigenvalue weighted by atomic mass is 79.9. The van der Waals surface area contributed by atoms with E-state index in [-0.39, 0.29) is 6.61 Å². The van der Waals surface area contributed by atoms with Crippen LogP contribution in [-0.2, 0) is 14.3 Å². The molecule has 8 heteroatoms. The number of halogens is 2. The monoisotopic (exact) mass is 441 g/mol. The van der Waals surface area contributed by atoms with Crippen LogP contribution in [0.5, 0.6) is 11.5 Å². The lowest BCUT2D eigenvalue weighted by molar-refractivity contribution is -0.149. The summed E-state index contributed by atoms with van der Waals surface area (Å²) in [5.41, 5.74) is 1.31. The first-order valence-corrected chi connectivity index (χ1v) is 8.74. The Morgan fingerprint density at radius 1 is 1.19 bits per heavy atom. The van der Waals surface area contributed by atoms with Crippen molar-refractivity contribution in [1.82, 2.24) is 0 Å². The lowest BCUT2D eigenvalue weighted by Crippen LogP contribution is -2.23. The highest BCUT2D eigenvalue weighted by Gasteiger charge is 2.12. The third kappa shape index (κ3) is 5.93. The van der Waals surface area contributed by atoms with Crippen molar-refractivity contribution >= 4 is 45.1 Å². The summed E-state index contributed by atoms with van der Waals surface area (Å²) >= 11 is 9.40. The van der Waals surface area contributed by atoms with Gasteiger partial charge in [-0.25, -0.2) is 4.79 Å². The average Bonchev–Trinajstić information content (AvgIpc) is 2.59. The van der Waals surface area contributed by atoms with Gasteiger partial charge in [-0.2, -0.15) is 0 Å². The second kappa shape index (κ2) is 9.45. The molecule has 138 valence electrons. The minimum atomic E-state index is -0.677. The molecule has 1 N–H and O–H groups in total. The largest absolute Gasteiger partial charge is 0.497 e. The molecule has 0 radical (unpaired) electrons. The van der Waals surface area contributed by atoms with Gasteiger partial charge in [-0.1, -0.05) is 33.6 Å². The number of amides is 1. The molecule has 0 unspecified atom stereocenters. The van der Waals surface area contributed by atoms with Gasteiger partial charge in [0.1, 0.15) is 11.5 Å². The van der Waals surface area contributed by atoms with Gasteiger partial charge in [0.2, 0.25) is 0 Å². The first-order valence-electron chi connectivity index (χ1n) is 7.57. The highest BCUT2D eigenvalue weighted by Crippen LogP contribution is 2.31. The highest BCUT2D eigenvalue weighted by molar-refractivity contribution is 9.10. The first-order chi connectivity index (χ1) is 12.4. The van der Waals surface area contributed by atoms with E-state index in [0.717, 1.165) is 10.0 Å². The topological polar surface area (TPSA) is 73.9 Å². The van der Waals surface area contributed by atoms with E-state index in [1.165, 1.54) is 7.11 Å². The van der Waals surface area contributed by atoms with E-state index in [4.69, 9.17) is 25.8 Å². The molecule has 26 heavy (non-hydrogen) atoms. The van der Waals surface area contributed by atoms with Gasteiger partial charge < -0.3 is 19.5 Å². The van der Waals surface area contributed by atoms with Crippen molar-refractivity contribution in [3.8, 4) is 11.5 Å². The minimum Gasteiger partial charge on any atom is -0.497 e. The summed E-state index contributed by atoms with van der Waals surface area (Å²) in [6.45, 7) is 1.03. The van der Waals surface area contributed by atoms with Gasteiger partial charge in [0.15, 0.2) is 13.2 Å². The molecule has 2 aromatic rings. The molecule has 1 amide bonds. The quantitative estimate of drug-likeness (QED) is 0.657. The molecule has 0 aromatic heterocycles. The molecule has 2 aromatic carbocycles. The summed E-state index contributed by atoms with van der Waals surface area (Å²) in [6.07, 6.45) is 0. The van der Waals surface area contributed by atoms with Crippen LogP contribution < -0.4 is 14.8 Å². The van der Waals surface area contributed by atoms with Crippen LogP contribution in [0.1, 0.15) is 5.56 Å². The molecule has 0 aliphatic carbocycles. The van der Waals surface area contributed by atoms with Crippen LogP contribution in [0.2, 0.25) is 5.02 Å². The zero-order valence-corrected chi connectivity index (χ0v) is 16.5. The van der Waals surface area contributed by atoms with Crippen molar-refractivity contribution in [1.29, 1.82) is 0 Å². The summed E-state index contributed by atoms with van der Waals surface area (Å²) < 4.78 is 16.2. The minimum absolute atomic E-state index is 0.353. The zero-order valence-electron chi connectivity index (χ0n) is 14.2. The number of carbonyl (C=O) groups excluding carboxylic acids is 2. The van der Waals surface area contributed by atoms with Gasteiger partial charge in [-0.15, -0.1) is 0 Å². The summed E-state index contributed by atoms with van der Waals surface area (Å²) in [6, 6.07) is 10.3. The lowest BCUT2D eigenvalue weighted by atomic mass is 10.2. The molecule has 0 fully saturated rings. The van der Waals surface area contributed by atoms with Gasteiger partial charge in [-0.05, 0) is 36.8 Å². The molecule has 0 aliphatic heterocycles. The number of esters is 1. The number of aryl methyl sites for hydroxylation is 1. The second-order valence-corrected chi connectivity index (χ2v) is 6.59. The van der Waals surface area contributed by atoms with Crippen LogP contribution >= 0.6 is 27.5 Å². The maximum atomic E-state index is 11.8. The molecule has 0 aliphatic rings. The maximum absolute atomic E-state index is 11.8. The first kappa shape index (κ1) is 20.1. The van der Waals surface area contributed by atoms with E-state index >= 15 is 0 Å². The number of anilines is 1. The van der Waals surface area contributed by atoms with Crippen molar-refractivity contribution in [2.75, 3.05) is 25.6 Å². The van der Waals surface area contributed by atoms with E-state index in [2.05, 4.69) is 21.2 Å². The number of rotatable bonds is 7. The van der Waals surface area contributed by atoms with Crippen molar-refractivity contribution in [2.45, 2.75) is 6.92 Å². The Morgan fingerprint density at radius 2 is 1.96 bits per heavy atom. The average molecular weight is 443 g/mol. The molecule has 0 spiro atoms. The molecule has 0 atom stereocenters. The summed E-state index contributed by atoms with van der Waals surface area (Å²) in [5, 5.41) is 2.98. The third-order valence-corrected chi connectivity index (χ3v) is 3.98. The van der Waals surface area contributed by atoms with Crippen molar-refractivity contribution in [2.24, 2.45) is 0 Å². The fourth-order valence-electron chi connectivity index (χ4n) is 2.09. The van der Waals surface area contributed by atoms with E-state index in [0.29, 0.717) is 22.2 Å². The Bertz CT molecular complexity index is 789. The smallest absolute Gasteiger partial charge is 0.344 e. The van der Waals surface area contributed by atoms with Crippen LogP contribution in [0.4, 0.5) is 5.69 Å². The van der Waals surface area contributed by atoms with Gasteiger partial charge in [0, 0.05) is 16.2 Å². The Morgan fingerprint density at radius 3 is 2.65 bits per heavy atom. The summed E-state index contributed by atoms with van der Waals surface area (Å²) in [4.78, 5) is 23.6. The fraction of sp³-hybridized carbons (Fsp3) is 0.222. The number of methoxy groups -OCH3 is 1. The van der Waals surface area contributed by atoms with E-state index < -0.39 is 18.5 Å². The number of carbonyl (C=O) groups is 2. The number of benzene rings is 2. The molecular formula is C18H17BrClNO5. The van der Waals surface area contributed by atoms with E-state index in [9.17, 15) is 9.59 Å². The number of hydrogen-bond donors (Lipinski definition) is 1. The maximum Gasteiger partial charge on any atom is 0.344 e. The molecule has 6 nitrogen and oxygen atoms in total. The molecule has 2 rings (SSSR count). The fourth-order valence-corrected chi connectivity index (χ4v) is 3.11. The zero-order chi connectivity index (χ0) is 19.1. The Hall–Kier alpha value is -2.25. The molecular weight excluding hydrogens is 426 g/mol. The SMILES string of the molecule is COc1cccc(NC(=O)COC(=O)COc2c(C)cc(Br)cc2Cl)c1. The predicted molar refractivity (Wildman–Crippen MR) is 102 cm³/mol. The Kier molecular flexibility index (Phi) is 7.29. The van der Waals surface area contributed by atoms with Gasteiger partial charge in [0.25, 0.3) is 5.91 Å². The molecule has 0 saturated heterocycles. The Balaban J connectivity index is 1.80. The summed E-state index contributed by atoms with van der Waals surface area (Å²) in [7, 11) is 1.53. The molecule has 0 bridgehead atoms. The number of hydrogen-bond acceptors (Lipinski definition) is 5. The standard InChI is InChI=1S/C18H17BrClNO5/c1-11-6-12(19)7-15(20)18(11)26-10-17(23)25-9-16(22)21-13-4-3-5-14(8-13)24-2/h3-8H,9-10H2,1-2H3,(H,21,22). The van der Waals surface area contributed by atoms with Gasteiger partial charge >= 0.3 is 5.97 Å². The molecule has 0 heterocycles. The predicted octanol–water partition coefficient (Wildman–Crippen LogP) is 3.98. The van der Waals surface area contributed by atoms with E-state index in [1.54, 1.807) is 37.3 Å². The van der Waals surface area contributed by atoms with Crippen LogP contribution in [0, 0.1) is 6.92 Å². The van der Waals surface area contributed by atoms with Gasteiger partial charge in [-0.3, -0.25) is 4.79 Å². The van der Waals surface area contributed by atoms with Crippen LogP contribution in [0.3, 0.4) is 0 Å². The number of ether oxygens (including phenoxy) is 3. The van der Waals surface area contributed by atoms with Crippen molar-refractivity contribution < 1.29 is 23.8 Å². The van der Waals surface area contributed by atoms with Crippen LogP contribution in [-0.4, -0.2) is 32.2 Å². The number of nitrogens with one attached hydrogen (secondary N) is 1. The van der Waals surface area contributed by atoms with Crippen LogP contribution in [0.15, 0.2) is 40.9 Å². The third-order valence-electron chi connectivity index (χ3n) is 3.25. The second-order valence-electron chi connectivity index (χ2n) is 5.26. The molecule has 0 saturated carbocycles. The van der Waals surface area contributed by atoms with E-state index in [1.807, 2.05) is 6.07 Å². The van der Waals surface area contributed by atoms with Crippen LogP contribution in [0.25, 0.3) is 0 Å². The van der Waals surface area contributed by atoms with Crippen molar-refractivity contribution in [3.63, 3.8) is 0 Å². The summed E-state index contributed by atoms with van der Waals surface area (Å²) in [5.74, 6) is -0.142. The Labute approximate surface area is 164 Å². The normalized spacial score (nSPS) is 10.2. The lowest BCUT2D eigenvalue weighted by Gasteiger charge is -2.11. The van der Waals surface area contributed by atoms with Crippen molar-refractivity contribution in [3.05, 3.63) is 51.5 Å². The van der Waals surface area contributed by atoms with Gasteiger partial charge in [0.05, 0.1) is 12.1 Å².